The van der Waals surface area contributed by atoms with Gasteiger partial charge in [0.1, 0.15) is 24.0 Å². The van der Waals surface area contributed by atoms with Gasteiger partial charge in [-0.2, -0.15) is 0 Å². The summed E-state index contributed by atoms with van der Waals surface area (Å²) in [6.45, 7) is 0.521. The summed E-state index contributed by atoms with van der Waals surface area (Å²) in [6, 6.07) is 8.33. The molecule has 3 aromatic rings. The molecule has 1 amide bonds. The van der Waals surface area contributed by atoms with Crippen LogP contribution < -0.4 is 19.5 Å². The van der Waals surface area contributed by atoms with E-state index in [1.54, 1.807) is 24.5 Å². The molecule has 152 valence electrons. The van der Waals surface area contributed by atoms with Crippen molar-refractivity contribution >= 4 is 5.91 Å². The highest BCUT2D eigenvalue weighted by molar-refractivity contribution is 5.79. The number of ether oxygens (including phenoxy) is 3. The summed E-state index contributed by atoms with van der Waals surface area (Å²) in [5, 5.41) is 2.90. The first-order chi connectivity index (χ1) is 14.7. The maximum atomic E-state index is 14.1. The van der Waals surface area contributed by atoms with Gasteiger partial charge in [-0.3, -0.25) is 4.79 Å². The Morgan fingerprint density at radius 3 is 2.83 bits per heavy atom. The van der Waals surface area contributed by atoms with Crippen LogP contribution in [0.4, 0.5) is 4.39 Å². The third-order valence-corrected chi connectivity index (χ3v) is 5.06. The molecule has 0 bridgehead atoms. The van der Waals surface area contributed by atoms with Gasteiger partial charge in [-0.1, -0.05) is 6.07 Å². The van der Waals surface area contributed by atoms with Gasteiger partial charge in [-0.25, -0.2) is 14.4 Å². The van der Waals surface area contributed by atoms with Crippen LogP contribution in [-0.2, 0) is 17.6 Å². The number of nitrogens with one attached hydrogen (secondary N) is 1. The van der Waals surface area contributed by atoms with Crippen molar-refractivity contribution in [2.24, 2.45) is 0 Å². The van der Waals surface area contributed by atoms with Gasteiger partial charge in [0.25, 0.3) is 0 Å². The highest BCUT2D eigenvalue weighted by atomic mass is 19.1. The fraction of sp³-hybridized carbons (Fsp3) is 0.227. The molecule has 0 saturated heterocycles. The number of hydrogen-bond acceptors (Lipinski definition) is 6. The van der Waals surface area contributed by atoms with Crippen LogP contribution in [0, 0.1) is 5.82 Å². The third-order valence-electron chi connectivity index (χ3n) is 5.06. The highest BCUT2D eigenvalue weighted by Gasteiger charge is 2.27. The second-order valence-corrected chi connectivity index (χ2v) is 7.18. The lowest BCUT2D eigenvalue weighted by molar-refractivity contribution is -0.120. The van der Waals surface area contributed by atoms with Crippen molar-refractivity contribution in [2.45, 2.75) is 18.9 Å². The molecule has 0 spiro atoms. The Balaban J connectivity index is 1.23. The van der Waals surface area contributed by atoms with Gasteiger partial charge in [0.2, 0.25) is 12.7 Å². The average Bonchev–Trinajstić information content (AvgIpc) is 3.38. The molecule has 2 aliphatic rings. The first-order valence-electron chi connectivity index (χ1n) is 9.55. The van der Waals surface area contributed by atoms with Crippen molar-refractivity contribution in [3.8, 4) is 28.4 Å². The summed E-state index contributed by atoms with van der Waals surface area (Å²) < 4.78 is 30.8. The molecule has 1 N–H and O–H groups in total. The number of fused-ring (bicyclic) bond motifs is 2. The van der Waals surface area contributed by atoms with Gasteiger partial charge in [0, 0.05) is 35.5 Å². The van der Waals surface area contributed by atoms with E-state index in [4.69, 9.17) is 14.2 Å². The maximum absolute atomic E-state index is 14.1. The number of hydrogen-bond donors (Lipinski definition) is 1. The number of amides is 1. The number of nitrogens with zero attached hydrogens (tertiary/aromatic N) is 2. The summed E-state index contributed by atoms with van der Waals surface area (Å²) in [7, 11) is 0. The van der Waals surface area contributed by atoms with E-state index in [2.05, 4.69) is 15.3 Å². The Labute approximate surface area is 171 Å². The molecule has 2 aliphatic heterocycles. The molecule has 3 heterocycles. The molecule has 5 rings (SSSR count). The third kappa shape index (κ3) is 3.63. The number of benzene rings is 2. The molecule has 0 unspecified atom stereocenters. The van der Waals surface area contributed by atoms with Gasteiger partial charge in [-0.05, 0) is 29.8 Å². The number of carbonyl (C=O) groups is 1. The van der Waals surface area contributed by atoms with Crippen LogP contribution in [0.2, 0.25) is 0 Å². The van der Waals surface area contributed by atoms with Crippen molar-refractivity contribution in [3.63, 3.8) is 0 Å². The number of halogens is 1. The fourth-order valence-corrected chi connectivity index (χ4v) is 3.69. The molecular weight excluding hydrogens is 389 g/mol. The van der Waals surface area contributed by atoms with Crippen molar-refractivity contribution in [1.29, 1.82) is 0 Å². The minimum atomic E-state index is -0.344. The molecule has 30 heavy (non-hydrogen) atoms. The predicted octanol–water partition coefficient (Wildman–Crippen LogP) is 2.67. The van der Waals surface area contributed by atoms with Crippen molar-refractivity contribution in [3.05, 3.63) is 66.0 Å². The van der Waals surface area contributed by atoms with Crippen LogP contribution in [0.15, 0.2) is 49.1 Å². The van der Waals surface area contributed by atoms with E-state index in [1.807, 2.05) is 6.07 Å². The molecule has 0 fully saturated rings. The van der Waals surface area contributed by atoms with Crippen molar-refractivity contribution in [1.82, 2.24) is 15.3 Å². The highest BCUT2D eigenvalue weighted by Crippen LogP contribution is 2.39. The maximum Gasteiger partial charge on any atom is 0.231 e. The normalized spacial score (nSPS) is 16.1. The molecular formula is C22H18FN3O4. The van der Waals surface area contributed by atoms with Gasteiger partial charge in [0.05, 0.1) is 13.0 Å². The molecule has 0 aliphatic carbocycles. The van der Waals surface area contributed by atoms with E-state index in [0.29, 0.717) is 41.3 Å². The quantitative estimate of drug-likeness (QED) is 0.700. The number of carbonyl (C=O) groups excluding carboxylic acids is 1. The lowest BCUT2D eigenvalue weighted by Crippen LogP contribution is -2.35. The Bertz CT molecular complexity index is 1110. The molecule has 1 aromatic heterocycles. The molecule has 1 atom stereocenters. The lowest BCUT2D eigenvalue weighted by Gasteiger charge is -2.13. The van der Waals surface area contributed by atoms with Crippen LogP contribution in [0.25, 0.3) is 11.1 Å². The largest absolute Gasteiger partial charge is 0.487 e. The zero-order valence-corrected chi connectivity index (χ0v) is 15.9. The smallest absolute Gasteiger partial charge is 0.231 e. The Morgan fingerprint density at radius 1 is 1.13 bits per heavy atom. The Hall–Kier alpha value is -3.68. The molecule has 7 nitrogen and oxygen atoms in total. The van der Waals surface area contributed by atoms with Crippen LogP contribution in [-0.4, -0.2) is 35.3 Å². The SMILES string of the molecule is O=C(Cc1ccc2c(c1)OCO2)NC[C@H]1Cc2cc(F)cc(-c3cncnc3)c2O1. The fourth-order valence-electron chi connectivity index (χ4n) is 3.69. The zero-order valence-electron chi connectivity index (χ0n) is 15.9. The molecule has 0 saturated carbocycles. The lowest BCUT2D eigenvalue weighted by atomic mass is 10.0. The van der Waals surface area contributed by atoms with E-state index in [-0.39, 0.29) is 31.0 Å². The topological polar surface area (TPSA) is 82.6 Å². The van der Waals surface area contributed by atoms with Gasteiger partial charge in [-0.15, -0.1) is 0 Å². The minimum Gasteiger partial charge on any atom is -0.487 e. The Morgan fingerprint density at radius 2 is 1.97 bits per heavy atom. The zero-order chi connectivity index (χ0) is 20.5. The standard InChI is InChI=1S/C22H18FN3O4/c23-16-5-14-6-17(30-22(14)18(7-16)15-8-24-11-25-9-15)10-26-21(27)4-13-1-2-19-20(3-13)29-12-28-19/h1-3,5,7-9,11,17H,4,6,10,12H2,(H,26,27)/t17-/m1/s1. The van der Waals surface area contributed by atoms with E-state index in [9.17, 15) is 9.18 Å². The van der Waals surface area contributed by atoms with E-state index < -0.39 is 0 Å². The summed E-state index contributed by atoms with van der Waals surface area (Å²) in [6.07, 6.45) is 5.11. The first kappa shape index (κ1) is 18.4. The number of aromatic nitrogens is 2. The van der Waals surface area contributed by atoms with Crippen molar-refractivity contribution < 1.29 is 23.4 Å². The van der Waals surface area contributed by atoms with Crippen LogP contribution in [0.1, 0.15) is 11.1 Å². The van der Waals surface area contributed by atoms with E-state index in [1.165, 1.54) is 18.5 Å². The number of rotatable bonds is 5. The second-order valence-electron chi connectivity index (χ2n) is 7.18. The average molecular weight is 407 g/mol. The summed E-state index contributed by atoms with van der Waals surface area (Å²) in [5.74, 6) is 1.47. The molecule has 2 aromatic carbocycles. The van der Waals surface area contributed by atoms with Gasteiger partial charge < -0.3 is 19.5 Å². The Kier molecular flexibility index (Phi) is 4.66. The first-order valence-corrected chi connectivity index (χ1v) is 9.55. The monoisotopic (exact) mass is 407 g/mol. The predicted molar refractivity (Wildman–Crippen MR) is 105 cm³/mol. The summed E-state index contributed by atoms with van der Waals surface area (Å²) >= 11 is 0. The van der Waals surface area contributed by atoms with Crippen LogP contribution in [0.5, 0.6) is 17.2 Å². The van der Waals surface area contributed by atoms with E-state index >= 15 is 0 Å². The van der Waals surface area contributed by atoms with Crippen LogP contribution >= 0.6 is 0 Å². The van der Waals surface area contributed by atoms with E-state index in [0.717, 1.165) is 11.1 Å². The van der Waals surface area contributed by atoms with Crippen molar-refractivity contribution in [2.75, 3.05) is 13.3 Å². The minimum absolute atomic E-state index is 0.128. The summed E-state index contributed by atoms with van der Waals surface area (Å²) in [5.41, 5.74) is 2.89. The van der Waals surface area contributed by atoms with Crippen LogP contribution in [0.3, 0.4) is 0 Å². The van der Waals surface area contributed by atoms with Gasteiger partial charge >= 0.3 is 0 Å². The molecule has 8 heteroatoms. The summed E-state index contributed by atoms with van der Waals surface area (Å²) in [4.78, 5) is 20.4. The molecule has 0 radical (unpaired) electrons. The van der Waals surface area contributed by atoms with Gasteiger partial charge in [0.15, 0.2) is 11.5 Å². The second kappa shape index (κ2) is 7.62.